The summed E-state index contributed by atoms with van der Waals surface area (Å²) in [5.41, 5.74) is 4.99. The van der Waals surface area contributed by atoms with Gasteiger partial charge < -0.3 is 4.74 Å². The number of carbonyl (C=O) groups is 1. The predicted octanol–water partition coefficient (Wildman–Crippen LogP) is 4.23. The molecule has 6 heteroatoms. The highest BCUT2D eigenvalue weighted by molar-refractivity contribution is 7.07. The lowest BCUT2D eigenvalue weighted by Crippen LogP contribution is -2.39. The van der Waals surface area contributed by atoms with Crippen molar-refractivity contribution in [3.63, 3.8) is 0 Å². The molecule has 3 aromatic rings. The van der Waals surface area contributed by atoms with E-state index in [9.17, 15) is 9.59 Å². The van der Waals surface area contributed by atoms with Gasteiger partial charge in [0.1, 0.15) is 0 Å². The number of thiazole rings is 1. The molecule has 0 N–H and O–H groups in total. The number of fused-ring (bicyclic) bond motifs is 1. The molecule has 1 aromatic heterocycles. The Labute approximate surface area is 197 Å². The van der Waals surface area contributed by atoms with Crippen LogP contribution in [0.15, 0.2) is 69.6 Å². The fourth-order valence-corrected chi connectivity index (χ4v) is 5.03. The Morgan fingerprint density at radius 3 is 2.39 bits per heavy atom. The average Bonchev–Trinajstić information content (AvgIpc) is 3.09. The van der Waals surface area contributed by atoms with Crippen molar-refractivity contribution in [3.8, 4) is 0 Å². The van der Waals surface area contributed by atoms with Crippen LogP contribution in [-0.2, 0) is 9.53 Å². The Morgan fingerprint density at radius 2 is 1.79 bits per heavy atom. The Morgan fingerprint density at radius 1 is 1.12 bits per heavy atom. The van der Waals surface area contributed by atoms with Gasteiger partial charge in [-0.05, 0) is 49.5 Å². The smallest absolute Gasteiger partial charge is 0.338 e. The van der Waals surface area contributed by atoms with Crippen molar-refractivity contribution in [1.82, 2.24) is 4.57 Å². The second-order valence-corrected chi connectivity index (χ2v) is 9.54. The molecule has 33 heavy (non-hydrogen) atoms. The van der Waals surface area contributed by atoms with Crippen molar-refractivity contribution >= 4 is 23.4 Å². The fourth-order valence-electron chi connectivity index (χ4n) is 3.98. The molecule has 0 spiro atoms. The lowest BCUT2D eigenvalue weighted by Gasteiger charge is -2.25. The molecule has 0 fully saturated rings. The zero-order valence-corrected chi connectivity index (χ0v) is 20.4. The highest BCUT2D eigenvalue weighted by Crippen LogP contribution is 2.31. The minimum absolute atomic E-state index is 0.161. The van der Waals surface area contributed by atoms with E-state index in [1.54, 1.807) is 18.4 Å². The summed E-state index contributed by atoms with van der Waals surface area (Å²) < 4.78 is 7.57. The Balaban J connectivity index is 1.92. The number of aromatic nitrogens is 1. The van der Waals surface area contributed by atoms with Gasteiger partial charge in [0.2, 0.25) is 0 Å². The van der Waals surface area contributed by atoms with Gasteiger partial charge in [-0.1, -0.05) is 79.3 Å². The van der Waals surface area contributed by atoms with Crippen LogP contribution in [0.25, 0.3) is 6.08 Å². The summed E-state index contributed by atoms with van der Waals surface area (Å²) in [4.78, 5) is 31.8. The van der Waals surface area contributed by atoms with Crippen molar-refractivity contribution < 1.29 is 9.53 Å². The van der Waals surface area contributed by atoms with Crippen LogP contribution in [0.4, 0.5) is 0 Å². The lowest BCUT2D eigenvalue weighted by atomic mass is 9.93. The number of aryl methyl sites for hydroxylation is 1. The van der Waals surface area contributed by atoms with E-state index in [-0.39, 0.29) is 12.2 Å². The van der Waals surface area contributed by atoms with Crippen molar-refractivity contribution in [2.75, 3.05) is 6.61 Å². The van der Waals surface area contributed by atoms with E-state index in [0.29, 0.717) is 26.5 Å². The van der Waals surface area contributed by atoms with Gasteiger partial charge >= 0.3 is 5.97 Å². The van der Waals surface area contributed by atoms with Gasteiger partial charge in [-0.15, -0.1) is 0 Å². The number of carbonyl (C=O) groups excluding carboxylic acids is 1. The van der Waals surface area contributed by atoms with Gasteiger partial charge in [0.15, 0.2) is 4.80 Å². The maximum absolute atomic E-state index is 13.6. The number of allylic oxidation sites excluding steroid dienone is 1. The Kier molecular flexibility index (Phi) is 6.47. The zero-order chi connectivity index (χ0) is 23.7. The van der Waals surface area contributed by atoms with Crippen LogP contribution in [0, 0.1) is 6.92 Å². The number of esters is 1. The maximum atomic E-state index is 13.6. The molecule has 1 aliphatic heterocycles. The van der Waals surface area contributed by atoms with Gasteiger partial charge in [-0.3, -0.25) is 9.36 Å². The van der Waals surface area contributed by atoms with Crippen LogP contribution in [0.1, 0.15) is 61.9 Å². The predicted molar refractivity (Wildman–Crippen MR) is 132 cm³/mol. The minimum Gasteiger partial charge on any atom is -0.463 e. The molecule has 1 aliphatic rings. The summed E-state index contributed by atoms with van der Waals surface area (Å²) >= 11 is 1.34. The molecule has 0 saturated carbocycles. The summed E-state index contributed by atoms with van der Waals surface area (Å²) in [6, 6.07) is 15.5. The Hall–Kier alpha value is -3.25. The standard InChI is InChI=1S/C27H28N2O3S/c1-6-32-26(31)23-18(5)28-27-29(24(23)21-13-11-20(12-14-21)16(2)3)25(30)22(33-27)15-19-9-7-17(4)8-10-19/h7-16,24H,6H2,1-5H3. The van der Waals surface area contributed by atoms with E-state index >= 15 is 0 Å². The van der Waals surface area contributed by atoms with Gasteiger partial charge in [0, 0.05) is 0 Å². The molecule has 2 aromatic carbocycles. The highest BCUT2D eigenvalue weighted by atomic mass is 32.1. The van der Waals surface area contributed by atoms with Gasteiger partial charge in [0.05, 0.1) is 28.5 Å². The maximum Gasteiger partial charge on any atom is 0.338 e. The van der Waals surface area contributed by atoms with Crippen molar-refractivity contribution in [2.24, 2.45) is 4.99 Å². The lowest BCUT2D eigenvalue weighted by molar-refractivity contribution is -0.139. The number of benzene rings is 2. The molecule has 1 atom stereocenters. The zero-order valence-electron chi connectivity index (χ0n) is 19.6. The molecular weight excluding hydrogens is 432 g/mol. The summed E-state index contributed by atoms with van der Waals surface area (Å²) in [7, 11) is 0. The summed E-state index contributed by atoms with van der Waals surface area (Å²) in [5.74, 6) is -0.0538. The molecule has 0 saturated heterocycles. The first-order valence-corrected chi connectivity index (χ1v) is 12.0. The number of rotatable bonds is 5. The number of nitrogens with zero attached hydrogens (tertiary/aromatic N) is 2. The van der Waals surface area contributed by atoms with Crippen molar-refractivity contribution in [1.29, 1.82) is 0 Å². The first-order valence-electron chi connectivity index (χ1n) is 11.2. The third-order valence-electron chi connectivity index (χ3n) is 5.81. The van der Waals surface area contributed by atoms with E-state index in [2.05, 4.69) is 31.0 Å². The molecule has 0 amide bonds. The third kappa shape index (κ3) is 4.48. The van der Waals surface area contributed by atoms with Crippen LogP contribution in [0.3, 0.4) is 0 Å². The largest absolute Gasteiger partial charge is 0.463 e. The molecular formula is C27H28N2O3S. The van der Waals surface area contributed by atoms with Gasteiger partial charge in [0.25, 0.3) is 5.56 Å². The monoisotopic (exact) mass is 460 g/mol. The molecule has 0 radical (unpaired) electrons. The molecule has 0 aliphatic carbocycles. The fraction of sp³-hybridized carbons (Fsp3) is 0.296. The van der Waals surface area contributed by atoms with Crippen molar-refractivity contribution in [3.05, 3.63) is 102 Å². The van der Waals surface area contributed by atoms with Crippen LogP contribution in [-0.4, -0.2) is 17.1 Å². The topological polar surface area (TPSA) is 60.7 Å². The summed E-state index contributed by atoms with van der Waals surface area (Å²) in [5, 5.41) is 0. The minimum atomic E-state index is -0.582. The third-order valence-corrected chi connectivity index (χ3v) is 6.79. The first-order chi connectivity index (χ1) is 15.8. The van der Waals surface area contributed by atoms with E-state index in [4.69, 9.17) is 4.74 Å². The molecule has 1 unspecified atom stereocenters. The summed E-state index contributed by atoms with van der Waals surface area (Å²) in [6.07, 6.45) is 1.88. The average molecular weight is 461 g/mol. The second-order valence-electron chi connectivity index (χ2n) is 8.53. The highest BCUT2D eigenvalue weighted by Gasteiger charge is 2.33. The first kappa shape index (κ1) is 22.9. The van der Waals surface area contributed by atoms with E-state index in [0.717, 1.165) is 16.7 Å². The number of ether oxygens (including phenoxy) is 1. The molecule has 0 bridgehead atoms. The molecule has 170 valence electrons. The van der Waals surface area contributed by atoms with Crippen molar-refractivity contribution in [2.45, 2.75) is 46.6 Å². The molecule has 5 nitrogen and oxygen atoms in total. The second kappa shape index (κ2) is 9.32. The van der Waals surface area contributed by atoms with Gasteiger partial charge in [-0.2, -0.15) is 0 Å². The van der Waals surface area contributed by atoms with Gasteiger partial charge in [-0.25, -0.2) is 9.79 Å². The van der Waals surface area contributed by atoms with Crippen LogP contribution in [0.5, 0.6) is 0 Å². The molecule has 2 heterocycles. The van der Waals surface area contributed by atoms with Crippen LogP contribution in [0.2, 0.25) is 0 Å². The van der Waals surface area contributed by atoms with E-state index < -0.39 is 12.0 Å². The molecule has 4 rings (SSSR count). The number of hydrogen-bond donors (Lipinski definition) is 0. The quantitative estimate of drug-likeness (QED) is 0.536. The van der Waals surface area contributed by atoms with E-state index in [1.807, 2.05) is 49.4 Å². The van der Waals surface area contributed by atoms with Crippen LogP contribution >= 0.6 is 11.3 Å². The SMILES string of the molecule is CCOC(=O)C1=C(C)N=c2sc(=Cc3ccc(C)cc3)c(=O)n2C1c1ccc(C(C)C)cc1. The Bertz CT molecular complexity index is 1390. The van der Waals surface area contributed by atoms with Crippen LogP contribution < -0.4 is 14.9 Å². The summed E-state index contributed by atoms with van der Waals surface area (Å²) in [6.45, 7) is 10.1. The number of hydrogen-bond acceptors (Lipinski definition) is 5. The van der Waals surface area contributed by atoms with E-state index in [1.165, 1.54) is 16.9 Å². The normalized spacial score (nSPS) is 16.1.